The molecular formula is C18H22N4O2S. The first-order valence-electron chi connectivity index (χ1n) is 8.20. The van der Waals surface area contributed by atoms with Crippen LogP contribution in [-0.4, -0.2) is 22.8 Å². The largest absolute Gasteiger partial charge is 0.324 e. The SMILES string of the molecule is CCn1ncc(S(=O)(=O)N[C@@H](C)c2cccc(-n3cccc3)c2)c1C. The van der Waals surface area contributed by atoms with Crippen molar-refractivity contribution in [2.24, 2.45) is 0 Å². The molecule has 2 aromatic heterocycles. The number of rotatable bonds is 6. The van der Waals surface area contributed by atoms with E-state index in [0.29, 0.717) is 12.2 Å². The third-order valence-corrected chi connectivity index (χ3v) is 5.90. The van der Waals surface area contributed by atoms with E-state index < -0.39 is 10.0 Å². The number of benzene rings is 1. The van der Waals surface area contributed by atoms with Gasteiger partial charge in [0.1, 0.15) is 4.90 Å². The zero-order valence-electron chi connectivity index (χ0n) is 14.5. The van der Waals surface area contributed by atoms with Gasteiger partial charge in [-0.1, -0.05) is 12.1 Å². The van der Waals surface area contributed by atoms with Crippen LogP contribution < -0.4 is 4.72 Å². The van der Waals surface area contributed by atoms with Crippen molar-refractivity contribution in [3.63, 3.8) is 0 Å². The highest BCUT2D eigenvalue weighted by Gasteiger charge is 2.23. The van der Waals surface area contributed by atoms with Crippen LogP contribution in [-0.2, 0) is 16.6 Å². The van der Waals surface area contributed by atoms with E-state index in [9.17, 15) is 8.42 Å². The van der Waals surface area contributed by atoms with Gasteiger partial charge < -0.3 is 4.57 Å². The Morgan fingerprint density at radius 3 is 2.56 bits per heavy atom. The smallest absolute Gasteiger partial charge is 0.244 e. The predicted octanol–water partition coefficient (Wildman–Crippen LogP) is 3.04. The third kappa shape index (κ3) is 3.52. The molecule has 0 unspecified atom stereocenters. The molecule has 1 N–H and O–H groups in total. The normalized spacial score (nSPS) is 13.1. The molecule has 0 aliphatic rings. The molecule has 0 spiro atoms. The molecule has 3 aromatic rings. The summed E-state index contributed by atoms with van der Waals surface area (Å²) in [5.74, 6) is 0. The Labute approximate surface area is 148 Å². The number of hydrogen-bond donors (Lipinski definition) is 1. The maximum Gasteiger partial charge on any atom is 0.244 e. The minimum absolute atomic E-state index is 0.225. The summed E-state index contributed by atoms with van der Waals surface area (Å²) in [5, 5.41) is 4.12. The molecule has 0 fully saturated rings. The minimum atomic E-state index is -3.63. The number of aromatic nitrogens is 3. The highest BCUT2D eigenvalue weighted by atomic mass is 32.2. The molecule has 0 bridgehead atoms. The molecule has 7 heteroatoms. The zero-order chi connectivity index (χ0) is 18.0. The highest BCUT2D eigenvalue weighted by Crippen LogP contribution is 2.21. The molecule has 0 amide bonds. The molecule has 0 radical (unpaired) electrons. The third-order valence-electron chi connectivity index (χ3n) is 4.25. The first-order chi connectivity index (χ1) is 11.9. The van der Waals surface area contributed by atoms with Crippen LogP contribution >= 0.6 is 0 Å². The monoisotopic (exact) mass is 358 g/mol. The maximum absolute atomic E-state index is 12.7. The van der Waals surface area contributed by atoms with Gasteiger partial charge in [0.2, 0.25) is 10.0 Å². The molecule has 0 aliphatic carbocycles. The average molecular weight is 358 g/mol. The standard InChI is InChI=1S/C18H22N4O2S/c1-4-22-15(3)18(13-19-22)25(23,24)20-14(2)16-8-7-9-17(12-16)21-10-5-6-11-21/h5-14,20H,4H2,1-3H3/t14-/m0/s1. The fraction of sp³-hybridized carbons (Fsp3) is 0.278. The maximum atomic E-state index is 12.7. The van der Waals surface area contributed by atoms with Crippen LogP contribution in [0.3, 0.4) is 0 Å². The van der Waals surface area contributed by atoms with Gasteiger partial charge in [-0.25, -0.2) is 13.1 Å². The van der Waals surface area contributed by atoms with Crippen molar-refractivity contribution in [2.75, 3.05) is 0 Å². The summed E-state index contributed by atoms with van der Waals surface area (Å²) in [6.45, 7) is 6.17. The van der Waals surface area contributed by atoms with Crippen molar-refractivity contribution in [1.82, 2.24) is 19.1 Å². The fourth-order valence-electron chi connectivity index (χ4n) is 2.84. The van der Waals surface area contributed by atoms with E-state index in [4.69, 9.17) is 0 Å². The lowest BCUT2D eigenvalue weighted by molar-refractivity contribution is 0.565. The second-order valence-electron chi connectivity index (χ2n) is 5.94. The lowest BCUT2D eigenvalue weighted by atomic mass is 10.1. The molecule has 1 aromatic carbocycles. The van der Waals surface area contributed by atoms with Gasteiger partial charge >= 0.3 is 0 Å². The Morgan fingerprint density at radius 2 is 1.92 bits per heavy atom. The van der Waals surface area contributed by atoms with E-state index in [1.165, 1.54) is 6.20 Å². The Morgan fingerprint density at radius 1 is 1.20 bits per heavy atom. The van der Waals surface area contributed by atoms with Gasteiger partial charge in [0, 0.05) is 30.7 Å². The molecule has 6 nitrogen and oxygen atoms in total. The van der Waals surface area contributed by atoms with Crippen molar-refractivity contribution in [2.45, 2.75) is 38.3 Å². The van der Waals surface area contributed by atoms with E-state index in [2.05, 4.69) is 9.82 Å². The van der Waals surface area contributed by atoms with E-state index in [1.807, 2.05) is 67.2 Å². The van der Waals surface area contributed by atoms with Gasteiger partial charge in [-0.15, -0.1) is 0 Å². The van der Waals surface area contributed by atoms with Crippen LogP contribution in [0.4, 0.5) is 0 Å². The van der Waals surface area contributed by atoms with E-state index in [1.54, 1.807) is 11.6 Å². The summed E-state index contributed by atoms with van der Waals surface area (Å²) in [5.41, 5.74) is 2.53. The Balaban J connectivity index is 1.85. The molecule has 3 rings (SSSR count). The molecule has 132 valence electrons. The van der Waals surface area contributed by atoms with Gasteiger partial charge in [0.15, 0.2) is 0 Å². The Kier molecular flexibility index (Phi) is 4.78. The van der Waals surface area contributed by atoms with Crippen LogP contribution in [0.2, 0.25) is 0 Å². The lowest BCUT2D eigenvalue weighted by Crippen LogP contribution is -2.27. The second kappa shape index (κ2) is 6.85. The Bertz CT molecular complexity index is 959. The van der Waals surface area contributed by atoms with Crippen molar-refractivity contribution < 1.29 is 8.42 Å². The van der Waals surface area contributed by atoms with Crippen LogP contribution in [0.5, 0.6) is 0 Å². The summed E-state index contributed by atoms with van der Waals surface area (Å²) in [6.07, 6.45) is 5.32. The Hall–Kier alpha value is -2.38. The van der Waals surface area contributed by atoms with Crippen LogP contribution in [0.1, 0.15) is 31.1 Å². The molecular weight excluding hydrogens is 336 g/mol. The van der Waals surface area contributed by atoms with Crippen molar-refractivity contribution in [1.29, 1.82) is 0 Å². The van der Waals surface area contributed by atoms with Gasteiger partial charge in [0.25, 0.3) is 0 Å². The van der Waals surface area contributed by atoms with Crippen molar-refractivity contribution >= 4 is 10.0 Å². The van der Waals surface area contributed by atoms with Gasteiger partial charge in [0.05, 0.1) is 11.9 Å². The number of nitrogens with zero attached hydrogens (tertiary/aromatic N) is 3. The fourth-order valence-corrected chi connectivity index (χ4v) is 4.25. The summed E-state index contributed by atoms with van der Waals surface area (Å²) >= 11 is 0. The molecule has 0 saturated heterocycles. The van der Waals surface area contributed by atoms with Crippen LogP contribution in [0, 0.1) is 6.92 Å². The lowest BCUT2D eigenvalue weighted by Gasteiger charge is -2.16. The molecule has 1 atom stereocenters. The minimum Gasteiger partial charge on any atom is -0.324 e. The zero-order valence-corrected chi connectivity index (χ0v) is 15.4. The molecule has 25 heavy (non-hydrogen) atoms. The molecule has 0 aliphatic heterocycles. The van der Waals surface area contributed by atoms with Crippen molar-refractivity contribution in [3.8, 4) is 5.69 Å². The first kappa shape index (κ1) is 17.4. The average Bonchev–Trinajstić information content (AvgIpc) is 3.24. The number of hydrogen-bond acceptors (Lipinski definition) is 3. The predicted molar refractivity (Wildman–Crippen MR) is 97.1 cm³/mol. The summed E-state index contributed by atoms with van der Waals surface area (Å²) in [4.78, 5) is 0.225. The van der Waals surface area contributed by atoms with Gasteiger partial charge in [-0.3, -0.25) is 4.68 Å². The van der Waals surface area contributed by atoms with Crippen molar-refractivity contribution in [3.05, 3.63) is 66.2 Å². The van der Waals surface area contributed by atoms with Gasteiger partial charge in [-0.05, 0) is 50.6 Å². The quantitative estimate of drug-likeness (QED) is 0.736. The van der Waals surface area contributed by atoms with Gasteiger partial charge in [-0.2, -0.15) is 5.10 Å². The van der Waals surface area contributed by atoms with E-state index >= 15 is 0 Å². The van der Waals surface area contributed by atoms with Crippen LogP contribution in [0.15, 0.2) is 59.9 Å². The van der Waals surface area contributed by atoms with Crippen LogP contribution in [0.25, 0.3) is 5.69 Å². The topological polar surface area (TPSA) is 68.9 Å². The summed E-state index contributed by atoms with van der Waals surface area (Å²) in [7, 11) is -3.63. The van der Waals surface area contributed by atoms with E-state index in [0.717, 1.165) is 11.3 Å². The number of aryl methyl sites for hydroxylation is 1. The molecule has 2 heterocycles. The molecule has 0 saturated carbocycles. The first-order valence-corrected chi connectivity index (χ1v) is 9.68. The summed E-state index contributed by atoms with van der Waals surface area (Å²) < 4.78 is 31.8. The highest BCUT2D eigenvalue weighted by molar-refractivity contribution is 7.89. The second-order valence-corrected chi connectivity index (χ2v) is 7.62. The summed E-state index contributed by atoms with van der Waals surface area (Å²) in [6, 6.07) is 11.4. The number of sulfonamides is 1. The number of nitrogens with one attached hydrogen (secondary N) is 1. The van der Waals surface area contributed by atoms with E-state index in [-0.39, 0.29) is 10.9 Å².